The standard InChI is InChI=1S/C62H119NO5/c1-3-5-7-9-11-13-15-17-19-21-23-24-26-27-29-31-34-38-42-46-50-54-60(65)59(58-64)63-61(66)55-51-47-43-39-35-33-37-41-45-49-53-57-68-62(67)56-52-48-44-40-36-32-30-28-25-22-20-18-16-14-12-10-8-6-4-2/h37,41,50,54,59-60,64-65H,3-36,38-40,42-49,51-53,55-58H2,1-2H3,(H,63,66)/b41-37-,54-50+. The maximum atomic E-state index is 12.5. The third-order valence-corrected chi connectivity index (χ3v) is 14.2. The molecular weight excluding hydrogens is 839 g/mol. The van der Waals surface area contributed by atoms with Crippen LogP contribution >= 0.6 is 0 Å². The smallest absolute Gasteiger partial charge is 0.305 e. The molecule has 0 aromatic carbocycles. The number of allylic oxidation sites excluding steroid dienone is 3. The summed E-state index contributed by atoms with van der Waals surface area (Å²) in [5.74, 6) is -0.121. The molecule has 6 heteroatoms. The van der Waals surface area contributed by atoms with E-state index < -0.39 is 12.1 Å². The molecule has 6 nitrogen and oxygen atoms in total. The van der Waals surface area contributed by atoms with Gasteiger partial charge in [-0.05, 0) is 57.8 Å². The minimum atomic E-state index is -0.863. The summed E-state index contributed by atoms with van der Waals surface area (Å²) in [6, 6.07) is -0.649. The lowest BCUT2D eigenvalue weighted by molar-refractivity contribution is -0.143. The number of unbranched alkanes of at least 4 members (excludes halogenated alkanes) is 44. The maximum Gasteiger partial charge on any atom is 0.305 e. The maximum absolute atomic E-state index is 12.5. The Hall–Kier alpha value is -1.66. The van der Waals surface area contributed by atoms with Gasteiger partial charge in [-0.25, -0.2) is 0 Å². The zero-order chi connectivity index (χ0) is 49.3. The second kappa shape index (κ2) is 57.9. The first kappa shape index (κ1) is 66.3. The van der Waals surface area contributed by atoms with Gasteiger partial charge in [-0.3, -0.25) is 9.59 Å². The van der Waals surface area contributed by atoms with Crippen molar-refractivity contribution >= 4 is 11.9 Å². The molecule has 0 aliphatic heterocycles. The Bertz CT molecular complexity index is 1060. The monoisotopic (exact) mass is 958 g/mol. The number of aliphatic hydroxyl groups is 2. The molecule has 0 aliphatic carbocycles. The van der Waals surface area contributed by atoms with E-state index >= 15 is 0 Å². The number of nitrogens with one attached hydrogen (secondary N) is 1. The Labute approximate surface area is 424 Å². The summed E-state index contributed by atoms with van der Waals surface area (Å²) in [5, 5.41) is 23.2. The lowest BCUT2D eigenvalue weighted by atomic mass is 10.0. The molecule has 0 saturated heterocycles. The molecule has 0 rings (SSSR count). The van der Waals surface area contributed by atoms with E-state index in [1.807, 2.05) is 6.08 Å². The van der Waals surface area contributed by atoms with Crippen LogP contribution in [-0.2, 0) is 14.3 Å². The summed E-state index contributed by atoms with van der Waals surface area (Å²) in [6.45, 7) is 4.86. The number of hydrogen-bond donors (Lipinski definition) is 3. The quantitative estimate of drug-likeness (QED) is 0.0321. The van der Waals surface area contributed by atoms with E-state index in [1.54, 1.807) is 6.08 Å². The van der Waals surface area contributed by atoms with Crippen molar-refractivity contribution in [2.75, 3.05) is 13.2 Å². The minimum Gasteiger partial charge on any atom is -0.466 e. The summed E-state index contributed by atoms with van der Waals surface area (Å²) < 4.78 is 5.46. The number of amides is 1. The number of carbonyl (C=O) groups is 2. The van der Waals surface area contributed by atoms with E-state index in [-0.39, 0.29) is 18.5 Å². The fourth-order valence-electron chi connectivity index (χ4n) is 9.51. The van der Waals surface area contributed by atoms with Gasteiger partial charge in [0, 0.05) is 12.8 Å². The zero-order valence-corrected chi connectivity index (χ0v) is 45.9. The molecule has 3 N–H and O–H groups in total. The van der Waals surface area contributed by atoms with Crippen LogP contribution in [0.2, 0.25) is 0 Å². The Morgan fingerprint density at radius 2 is 0.691 bits per heavy atom. The lowest BCUT2D eigenvalue weighted by Crippen LogP contribution is -2.45. The second-order valence-corrected chi connectivity index (χ2v) is 21.0. The molecule has 0 spiro atoms. The number of ether oxygens (including phenoxy) is 1. The van der Waals surface area contributed by atoms with Crippen molar-refractivity contribution in [3.63, 3.8) is 0 Å². The molecule has 0 aromatic heterocycles. The second-order valence-electron chi connectivity index (χ2n) is 21.0. The van der Waals surface area contributed by atoms with E-state index in [0.717, 1.165) is 83.5 Å². The third kappa shape index (κ3) is 53.7. The average Bonchev–Trinajstić information content (AvgIpc) is 3.34. The molecule has 0 heterocycles. The van der Waals surface area contributed by atoms with Gasteiger partial charge in [-0.15, -0.1) is 0 Å². The van der Waals surface area contributed by atoms with Gasteiger partial charge < -0.3 is 20.3 Å². The molecule has 2 atom stereocenters. The first-order valence-corrected chi connectivity index (χ1v) is 30.6. The van der Waals surface area contributed by atoms with Crippen LogP contribution in [0.1, 0.15) is 335 Å². The lowest BCUT2D eigenvalue weighted by Gasteiger charge is -2.20. The van der Waals surface area contributed by atoms with Gasteiger partial charge in [-0.1, -0.05) is 289 Å². The normalized spacial score (nSPS) is 12.7. The van der Waals surface area contributed by atoms with Crippen molar-refractivity contribution in [3.05, 3.63) is 24.3 Å². The summed E-state index contributed by atoms with van der Waals surface area (Å²) in [4.78, 5) is 24.6. The molecule has 68 heavy (non-hydrogen) atoms. The SMILES string of the molecule is CCCCCCCCCCCCCCCCCCCCC/C=C/C(O)C(CO)NC(=O)CCCCCCC/C=C\CCCCOC(=O)CCCCCCCCCCCCCCCCCCCCC. The highest BCUT2D eigenvalue weighted by Crippen LogP contribution is 2.18. The molecule has 402 valence electrons. The first-order valence-electron chi connectivity index (χ1n) is 30.6. The molecule has 0 aromatic rings. The van der Waals surface area contributed by atoms with Gasteiger partial charge in [-0.2, -0.15) is 0 Å². The van der Waals surface area contributed by atoms with Crippen molar-refractivity contribution in [2.45, 2.75) is 347 Å². The Morgan fingerprint density at radius 1 is 0.397 bits per heavy atom. The van der Waals surface area contributed by atoms with Crippen LogP contribution in [0.15, 0.2) is 24.3 Å². The van der Waals surface area contributed by atoms with Gasteiger partial charge in [0.25, 0.3) is 0 Å². The van der Waals surface area contributed by atoms with Crippen LogP contribution in [0.4, 0.5) is 0 Å². The molecule has 0 fully saturated rings. The van der Waals surface area contributed by atoms with Gasteiger partial charge in [0.15, 0.2) is 0 Å². The number of carbonyl (C=O) groups excluding carboxylic acids is 2. The highest BCUT2D eigenvalue weighted by molar-refractivity contribution is 5.76. The van der Waals surface area contributed by atoms with Crippen LogP contribution in [-0.4, -0.2) is 47.4 Å². The number of aliphatic hydroxyl groups excluding tert-OH is 2. The third-order valence-electron chi connectivity index (χ3n) is 14.2. The van der Waals surface area contributed by atoms with Crippen LogP contribution < -0.4 is 5.32 Å². The predicted molar refractivity (Wildman–Crippen MR) is 296 cm³/mol. The molecule has 0 saturated carbocycles. The fourth-order valence-corrected chi connectivity index (χ4v) is 9.51. The Balaban J connectivity index is 3.50. The summed E-state index contributed by atoms with van der Waals surface area (Å²) >= 11 is 0. The van der Waals surface area contributed by atoms with Crippen LogP contribution in [0.25, 0.3) is 0 Å². The summed E-state index contributed by atoms with van der Waals surface area (Å²) in [7, 11) is 0. The van der Waals surface area contributed by atoms with E-state index in [1.165, 1.54) is 225 Å². The minimum absolute atomic E-state index is 0.0275. The molecule has 0 aliphatic rings. The van der Waals surface area contributed by atoms with Crippen LogP contribution in [0.5, 0.6) is 0 Å². The van der Waals surface area contributed by atoms with Gasteiger partial charge in [0.2, 0.25) is 5.91 Å². The molecule has 0 bridgehead atoms. The van der Waals surface area contributed by atoms with Crippen LogP contribution in [0, 0.1) is 0 Å². The first-order chi connectivity index (χ1) is 33.5. The van der Waals surface area contributed by atoms with Gasteiger partial charge in [0.1, 0.15) is 0 Å². The molecule has 2 unspecified atom stereocenters. The predicted octanol–water partition coefficient (Wildman–Crippen LogP) is 19.0. The molecule has 0 radical (unpaired) electrons. The zero-order valence-electron chi connectivity index (χ0n) is 45.9. The Kier molecular flexibility index (Phi) is 56.5. The van der Waals surface area contributed by atoms with Gasteiger partial charge >= 0.3 is 5.97 Å². The summed E-state index contributed by atoms with van der Waals surface area (Å²) in [5.41, 5.74) is 0. The van der Waals surface area contributed by atoms with Crippen molar-refractivity contribution in [2.24, 2.45) is 0 Å². The Morgan fingerprint density at radius 3 is 1.04 bits per heavy atom. The number of esters is 1. The highest BCUT2D eigenvalue weighted by Gasteiger charge is 2.18. The summed E-state index contributed by atoms with van der Waals surface area (Å²) in [6.07, 6.45) is 70.7. The van der Waals surface area contributed by atoms with Crippen molar-refractivity contribution in [3.8, 4) is 0 Å². The largest absolute Gasteiger partial charge is 0.466 e. The molecular formula is C62H119NO5. The van der Waals surface area contributed by atoms with E-state index in [9.17, 15) is 19.8 Å². The topological polar surface area (TPSA) is 95.9 Å². The molecule has 1 amide bonds. The van der Waals surface area contributed by atoms with Crippen molar-refractivity contribution in [1.29, 1.82) is 0 Å². The average molecular weight is 959 g/mol. The number of rotatable bonds is 57. The van der Waals surface area contributed by atoms with E-state index in [0.29, 0.717) is 19.4 Å². The fraction of sp³-hybridized carbons (Fsp3) is 0.903. The van der Waals surface area contributed by atoms with Crippen molar-refractivity contribution < 1.29 is 24.5 Å². The van der Waals surface area contributed by atoms with Crippen LogP contribution in [0.3, 0.4) is 0 Å². The van der Waals surface area contributed by atoms with E-state index in [2.05, 4.69) is 31.3 Å². The van der Waals surface area contributed by atoms with Crippen molar-refractivity contribution in [1.82, 2.24) is 5.32 Å². The number of hydrogen-bond acceptors (Lipinski definition) is 5. The van der Waals surface area contributed by atoms with E-state index in [4.69, 9.17) is 4.74 Å². The van der Waals surface area contributed by atoms with Gasteiger partial charge in [0.05, 0.1) is 25.4 Å². The highest BCUT2D eigenvalue weighted by atomic mass is 16.5.